The third-order valence-corrected chi connectivity index (χ3v) is 6.14. The quantitative estimate of drug-likeness (QED) is 0.810. The highest BCUT2D eigenvalue weighted by Gasteiger charge is 2.29. The number of nitrogens with one attached hydrogen (secondary N) is 2. The van der Waals surface area contributed by atoms with E-state index < -0.39 is 10.0 Å². The number of rotatable bonds is 7. The third-order valence-electron chi connectivity index (χ3n) is 4.53. The maximum atomic E-state index is 12.6. The molecule has 0 bridgehead atoms. The van der Waals surface area contributed by atoms with Crippen LogP contribution in [0.2, 0.25) is 0 Å². The van der Waals surface area contributed by atoms with Gasteiger partial charge in [0.25, 0.3) is 0 Å². The van der Waals surface area contributed by atoms with Gasteiger partial charge in [-0.1, -0.05) is 6.42 Å². The second-order valence-electron chi connectivity index (χ2n) is 6.33. The van der Waals surface area contributed by atoms with Crippen molar-refractivity contribution in [1.29, 1.82) is 0 Å². The van der Waals surface area contributed by atoms with Crippen molar-refractivity contribution < 1.29 is 12.8 Å². The van der Waals surface area contributed by atoms with Gasteiger partial charge in [0.15, 0.2) is 0 Å². The van der Waals surface area contributed by atoms with Gasteiger partial charge in [0, 0.05) is 24.7 Å². The summed E-state index contributed by atoms with van der Waals surface area (Å²) in [4.78, 5) is 0.340. The third kappa shape index (κ3) is 3.33. The van der Waals surface area contributed by atoms with Crippen LogP contribution < -0.4 is 10.0 Å². The van der Waals surface area contributed by atoms with Crippen molar-refractivity contribution in [2.45, 2.75) is 63.4 Å². The Hall–Kier alpha value is -0.850. The second kappa shape index (κ2) is 5.74. The molecule has 5 nitrogen and oxygen atoms in total. The van der Waals surface area contributed by atoms with Gasteiger partial charge in [-0.3, -0.25) is 0 Å². The van der Waals surface area contributed by atoms with Crippen LogP contribution in [0.5, 0.6) is 0 Å². The Balaban J connectivity index is 1.77. The minimum absolute atomic E-state index is 0.340. The number of hydrogen-bond donors (Lipinski definition) is 2. The van der Waals surface area contributed by atoms with Gasteiger partial charge in [-0.25, -0.2) is 13.1 Å². The summed E-state index contributed by atoms with van der Waals surface area (Å²) in [5, 5.41) is 3.37. The molecule has 2 aliphatic carbocycles. The van der Waals surface area contributed by atoms with Crippen molar-refractivity contribution in [3.8, 4) is 0 Å². The molecule has 1 aromatic heterocycles. The molecule has 2 aliphatic rings. The summed E-state index contributed by atoms with van der Waals surface area (Å²) in [5.41, 5.74) is 0.778. The van der Waals surface area contributed by atoms with E-state index in [0.29, 0.717) is 41.5 Å². The molecule has 0 atom stereocenters. The lowest BCUT2D eigenvalue weighted by Gasteiger charge is -2.25. The molecule has 2 fully saturated rings. The van der Waals surface area contributed by atoms with Crippen molar-refractivity contribution >= 4 is 10.0 Å². The van der Waals surface area contributed by atoms with Crippen LogP contribution in [0, 0.1) is 19.8 Å². The summed E-state index contributed by atoms with van der Waals surface area (Å²) in [6, 6.07) is 0.540. The van der Waals surface area contributed by atoms with E-state index in [9.17, 15) is 8.42 Å². The first-order valence-corrected chi connectivity index (χ1v) is 9.27. The molecule has 118 valence electrons. The van der Waals surface area contributed by atoms with E-state index in [4.69, 9.17) is 4.42 Å². The molecule has 0 amide bonds. The molecule has 0 aliphatic heterocycles. The molecule has 21 heavy (non-hydrogen) atoms. The summed E-state index contributed by atoms with van der Waals surface area (Å²) in [6.45, 7) is 4.67. The van der Waals surface area contributed by atoms with E-state index >= 15 is 0 Å². The van der Waals surface area contributed by atoms with Crippen LogP contribution >= 0.6 is 0 Å². The molecule has 0 aromatic carbocycles. The van der Waals surface area contributed by atoms with Crippen molar-refractivity contribution in [2.24, 2.45) is 5.92 Å². The standard InChI is InChI=1S/C15H24N2O3S/c1-10-14(9-16-13-6-7-13)15(11(2)20-10)21(18,19)17-8-12-4-3-5-12/h12-13,16-17H,3-9H2,1-2H3. The van der Waals surface area contributed by atoms with Crippen LogP contribution in [0.25, 0.3) is 0 Å². The molecule has 2 N–H and O–H groups in total. The van der Waals surface area contributed by atoms with E-state index in [1.165, 1.54) is 19.3 Å². The van der Waals surface area contributed by atoms with Crippen LogP contribution in [0.4, 0.5) is 0 Å². The van der Waals surface area contributed by atoms with Gasteiger partial charge in [-0.05, 0) is 45.4 Å². The Morgan fingerprint density at radius 2 is 1.86 bits per heavy atom. The zero-order chi connectivity index (χ0) is 15.0. The predicted molar refractivity (Wildman–Crippen MR) is 80.6 cm³/mol. The first-order valence-electron chi connectivity index (χ1n) is 7.79. The maximum Gasteiger partial charge on any atom is 0.244 e. The molecule has 0 spiro atoms. The molecule has 0 saturated heterocycles. The smallest absolute Gasteiger partial charge is 0.244 e. The summed E-state index contributed by atoms with van der Waals surface area (Å²) < 4.78 is 33.5. The molecule has 0 unspecified atom stereocenters. The minimum Gasteiger partial charge on any atom is -0.465 e. The molecular formula is C15H24N2O3S. The van der Waals surface area contributed by atoms with Crippen molar-refractivity contribution in [3.05, 3.63) is 17.1 Å². The SMILES string of the molecule is Cc1oc(C)c(S(=O)(=O)NCC2CCC2)c1CNC1CC1. The fourth-order valence-corrected chi connectivity index (χ4v) is 4.36. The molecule has 1 aromatic rings. The average molecular weight is 312 g/mol. The van der Waals surface area contributed by atoms with Crippen LogP contribution in [0.15, 0.2) is 9.31 Å². The predicted octanol–water partition coefficient (Wildman–Crippen LogP) is 2.23. The highest BCUT2D eigenvalue weighted by atomic mass is 32.2. The summed E-state index contributed by atoms with van der Waals surface area (Å²) >= 11 is 0. The Morgan fingerprint density at radius 3 is 2.43 bits per heavy atom. The molecule has 3 rings (SSSR count). The lowest BCUT2D eigenvalue weighted by molar-refractivity contribution is 0.316. The number of furan rings is 1. The number of sulfonamides is 1. The highest BCUT2D eigenvalue weighted by Crippen LogP contribution is 2.29. The van der Waals surface area contributed by atoms with Crippen LogP contribution in [-0.4, -0.2) is 21.0 Å². The van der Waals surface area contributed by atoms with Gasteiger partial charge in [-0.15, -0.1) is 0 Å². The van der Waals surface area contributed by atoms with E-state index in [2.05, 4.69) is 10.0 Å². The maximum absolute atomic E-state index is 12.6. The average Bonchev–Trinajstić information content (AvgIpc) is 3.10. The van der Waals surface area contributed by atoms with E-state index in [0.717, 1.165) is 18.4 Å². The van der Waals surface area contributed by atoms with Gasteiger partial charge in [0.05, 0.1) is 0 Å². The van der Waals surface area contributed by atoms with Crippen LogP contribution in [-0.2, 0) is 16.6 Å². The molecule has 6 heteroatoms. The topological polar surface area (TPSA) is 71.3 Å². The number of hydrogen-bond acceptors (Lipinski definition) is 4. The van der Waals surface area contributed by atoms with Gasteiger partial charge in [-0.2, -0.15) is 0 Å². The van der Waals surface area contributed by atoms with Crippen molar-refractivity contribution in [2.75, 3.05) is 6.54 Å². The monoisotopic (exact) mass is 312 g/mol. The van der Waals surface area contributed by atoms with Crippen LogP contribution in [0.3, 0.4) is 0 Å². The minimum atomic E-state index is -3.48. The fourth-order valence-electron chi connectivity index (χ4n) is 2.80. The summed E-state index contributed by atoms with van der Waals surface area (Å²) in [6.07, 6.45) is 5.83. The van der Waals surface area contributed by atoms with E-state index in [1.54, 1.807) is 6.92 Å². The zero-order valence-corrected chi connectivity index (χ0v) is 13.6. The first kappa shape index (κ1) is 15.1. The fraction of sp³-hybridized carbons (Fsp3) is 0.733. The normalized spacial score (nSPS) is 19.7. The molecule has 1 heterocycles. The lowest BCUT2D eigenvalue weighted by atomic mass is 9.86. The van der Waals surface area contributed by atoms with Gasteiger partial charge >= 0.3 is 0 Å². The van der Waals surface area contributed by atoms with E-state index in [-0.39, 0.29) is 0 Å². The largest absolute Gasteiger partial charge is 0.465 e. The highest BCUT2D eigenvalue weighted by molar-refractivity contribution is 7.89. The Morgan fingerprint density at radius 1 is 1.14 bits per heavy atom. The lowest BCUT2D eigenvalue weighted by Crippen LogP contribution is -2.33. The molecule has 0 radical (unpaired) electrons. The van der Waals surface area contributed by atoms with Gasteiger partial charge in [0.2, 0.25) is 10.0 Å². The van der Waals surface area contributed by atoms with Crippen LogP contribution in [0.1, 0.15) is 49.2 Å². The Kier molecular flexibility index (Phi) is 4.12. The Labute approximate surface area is 126 Å². The van der Waals surface area contributed by atoms with Gasteiger partial charge in [0.1, 0.15) is 16.4 Å². The second-order valence-corrected chi connectivity index (χ2v) is 8.03. The van der Waals surface area contributed by atoms with Crippen molar-refractivity contribution in [1.82, 2.24) is 10.0 Å². The first-order chi connectivity index (χ1) is 9.97. The zero-order valence-electron chi connectivity index (χ0n) is 12.7. The molecular weight excluding hydrogens is 288 g/mol. The number of aryl methyl sites for hydroxylation is 2. The van der Waals surface area contributed by atoms with Gasteiger partial charge < -0.3 is 9.73 Å². The summed E-state index contributed by atoms with van der Waals surface area (Å²) in [5.74, 6) is 1.69. The summed E-state index contributed by atoms with van der Waals surface area (Å²) in [7, 11) is -3.48. The Bertz CT molecular complexity index is 613. The van der Waals surface area contributed by atoms with E-state index in [1.807, 2.05) is 6.92 Å². The van der Waals surface area contributed by atoms with Crippen molar-refractivity contribution in [3.63, 3.8) is 0 Å². The molecule has 2 saturated carbocycles.